The molecule has 2 amide bonds. The zero-order chi connectivity index (χ0) is 12.4. The maximum atomic E-state index is 12.0. The predicted octanol–water partition coefficient (Wildman–Crippen LogP) is 1.37. The van der Waals surface area contributed by atoms with Crippen LogP contribution < -0.4 is 5.73 Å². The van der Waals surface area contributed by atoms with Gasteiger partial charge in [-0.1, -0.05) is 18.6 Å². The lowest BCUT2D eigenvalue weighted by Gasteiger charge is -2.30. The monoisotopic (exact) mass is 254 g/mol. The molecule has 2 atom stereocenters. The SMILES string of the molecule is NC(=S)C1CCCC1N1C(=O)CCCCC1=O. The average molecular weight is 254 g/mol. The molecule has 0 aromatic rings. The Morgan fingerprint density at radius 2 is 1.71 bits per heavy atom. The van der Waals surface area contributed by atoms with E-state index in [9.17, 15) is 9.59 Å². The molecule has 2 N–H and O–H groups in total. The van der Waals surface area contributed by atoms with E-state index in [0.29, 0.717) is 17.8 Å². The number of nitrogens with two attached hydrogens (primary N) is 1. The molecule has 2 rings (SSSR count). The zero-order valence-electron chi connectivity index (χ0n) is 9.85. The Morgan fingerprint density at radius 3 is 2.24 bits per heavy atom. The fourth-order valence-corrected chi connectivity index (χ4v) is 3.16. The third kappa shape index (κ3) is 2.49. The quantitative estimate of drug-likeness (QED) is 0.597. The van der Waals surface area contributed by atoms with E-state index in [-0.39, 0.29) is 23.8 Å². The van der Waals surface area contributed by atoms with Crippen LogP contribution in [0.3, 0.4) is 0 Å². The minimum atomic E-state index is -0.0781. The van der Waals surface area contributed by atoms with Gasteiger partial charge in [-0.15, -0.1) is 0 Å². The first-order valence-corrected chi connectivity index (χ1v) is 6.66. The number of carbonyl (C=O) groups excluding carboxylic acids is 2. The Kier molecular flexibility index (Phi) is 3.76. The van der Waals surface area contributed by atoms with Crippen LogP contribution in [0.2, 0.25) is 0 Å². The van der Waals surface area contributed by atoms with Crippen molar-refractivity contribution in [1.82, 2.24) is 4.90 Å². The van der Waals surface area contributed by atoms with Gasteiger partial charge < -0.3 is 5.73 Å². The van der Waals surface area contributed by atoms with E-state index in [1.54, 1.807) is 0 Å². The fraction of sp³-hybridized carbons (Fsp3) is 0.750. The summed E-state index contributed by atoms with van der Waals surface area (Å²) in [6.07, 6.45) is 5.32. The van der Waals surface area contributed by atoms with Gasteiger partial charge in [0, 0.05) is 24.8 Å². The van der Waals surface area contributed by atoms with Crippen molar-refractivity contribution in [3.63, 3.8) is 0 Å². The lowest BCUT2D eigenvalue weighted by molar-refractivity contribution is -0.146. The van der Waals surface area contributed by atoms with Gasteiger partial charge in [-0.3, -0.25) is 14.5 Å². The molecule has 1 heterocycles. The molecule has 2 fully saturated rings. The summed E-state index contributed by atoms with van der Waals surface area (Å²) < 4.78 is 0. The van der Waals surface area contributed by atoms with E-state index in [4.69, 9.17) is 18.0 Å². The Bertz CT molecular complexity index is 338. The van der Waals surface area contributed by atoms with Crippen molar-refractivity contribution in [1.29, 1.82) is 0 Å². The summed E-state index contributed by atoms with van der Waals surface area (Å²) in [5.74, 6) is -0.0581. The minimum absolute atomic E-state index is 0.0241. The van der Waals surface area contributed by atoms with Crippen LogP contribution in [0.25, 0.3) is 0 Å². The first kappa shape index (κ1) is 12.5. The third-order valence-electron chi connectivity index (χ3n) is 3.75. The van der Waals surface area contributed by atoms with Crippen molar-refractivity contribution >= 4 is 29.0 Å². The van der Waals surface area contributed by atoms with E-state index >= 15 is 0 Å². The van der Waals surface area contributed by atoms with Crippen LogP contribution in [0, 0.1) is 5.92 Å². The van der Waals surface area contributed by atoms with Crippen molar-refractivity contribution in [3.8, 4) is 0 Å². The summed E-state index contributed by atoms with van der Waals surface area (Å²) in [5.41, 5.74) is 5.71. The Balaban J connectivity index is 2.20. The highest BCUT2D eigenvalue weighted by molar-refractivity contribution is 7.80. The van der Waals surface area contributed by atoms with Gasteiger partial charge in [0.05, 0.1) is 4.99 Å². The van der Waals surface area contributed by atoms with E-state index in [2.05, 4.69) is 0 Å². The van der Waals surface area contributed by atoms with Crippen molar-refractivity contribution in [3.05, 3.63) is 0 Å². The molecule has 4 nitrogen and oxygen atoms in total. The van der Waals surface area contributed by atoms with Crippen molar-refractivity contribution in [2.24, 2.45) is 11.7 Å². The van der Waals surface area contributed by atoms with E-state index in [1.165, 1.54) is 4.90 Å². The van der Waals surface area contributed by atoms with Gasteiger partial charge in [0.25, 0.3) is 0 Å². The molecule has 17 heavy (non-hydrogen) atoms. The lowest BCUT2D eigenvalue weighted by Crippen LogP contribution is -2.48. The van der Waals surface area contributed by atoms with Crippen LogP contribution in [0.15, 0.2) is 0 Å². The molecular formula is C12H18N2O2S. The summed E-state index contributed by atoms with van der Waals surface area (Å²) in [6, 6.07) is -0.0781. The van der Waals surface area contributed by atoms with Crippen LogP contribution in [0.1, 0.15) is 44.9 Å². The molecule has 2 aliphatic rings. The average Bonchev–Trinajstić information content (AvgIpc) is 2.67. The standard InChI is InChI=1S/C12H18N2O2S/c13-12(17)8-4-3-5-9(8)14-10(15)6-1-2-7-11(14)16/h8-9H,1-7H2,(H2,13,17). The molecule has 5 heteroatoms. The van der Waals surface area contributed by atoms with Gasteiger partial charge in [0.2, 0.25) is 11.8 Å². The number of hydrogen-bond donors (Lipinski definition) is 1. The molecule has 1 aliphatic heterocycles. The minimum Gasteiger partial charge on any atom is -0.393 e. The van der Waals surface area contributed by atoms with Crippen molar-refractivity contribution in [2.45, 2.75) is 51.0 Å². The second kappa shape index (κ2) is 5.12. The van der Waals surface area contributed by atoms with Gasteiger partial charge in [-0.05, 0) is 25.7 Å². The zero-order valence-corrected chi connectivity index (χ0v) is 10.7. The number of rotatable bonds is 2. The summed E-state index contributed by atoms with van der Waals surface area (Å²) in [6.45, 7) is 0. The number of carbonyl (C=O) groups is 2. The fourth-order valence-electron chi connectivity index (χ4n) is 2.88. The Morgan fingerprint density at radius 1 is 1.12 bits per heavy atom. The summed E-state index contributed by atoms with van der Waals surface area (Å²) in [7, 11) is 0. The normalized spacial score (nSPS) is 30.5. The van der Waals surface area contributed by atoms with Crippen LogP contribution in [-0.4, -0.2) is 27.7 Å². The molecule has 0 spiro atoms. The second-order valence-electron chi connectivity index (χ2n) is 4.87. The van der Waals surface area contributed by atoms with Crippen LogP contribution in [0.4, 0.5) is 0 Å². The molecule has 0 radical (unpaired) electrons. The Hall–Kier alpha value is -0.970. The first-order valence-electron chi connectivity index (χ1n) is 6.25. The van der Waals surface area contributed by atoms with Gasteiger partial charge in [-0.2, -0.15) is 0 Å². The number of hydrogen-bond acceptors (Lipinski definition) is 3. The maximum Gasteiger partial charge on any atom is 0.229 e. The molecule has 1 saturated heterocycles. The lowest BCUT2D eigenvalue weighted by atomic mass is 10.0. The molecule has 0 aromatic heterocycles. The molecular weight excluding hydrogens is 236 g/mol. The number of amides is 2. The van der Waals surface area contributed by atoms with Crippen LogP contribution in [0.5, 0.6) is 0 Å². The largest absolute Gasteiger partial charge is 0.393 e. The van der Waals surface area contributed by atoms with Crippen molar-refractivity contribution in [2.75, 3.05) is 0 Å². The van der Waals surface area contributed by atoms with E-state index < -0.39 is 0 Å². The van der Waals surface area contributed by atoms with Crippen LogP contribution >= 0.6 is 12.2 Å². The number of nitrogens with zero attached hydrogens (tertiary/aromatic N) is 1. The van der Waals surface area contributed by atoms with Gasteiger partial charge in [-0.25, -0.2) is 0 Å². The molecule has 94 valence electrons. The van der Waals surface area contributed by atoms with Gasteiger partial charge >= 0.3 is 0 Å². The van der Waals surface area contributed by atoms with Crippen molar-refractivity contribution < 1.29 is 9.59 Å². The summed E-state index contributed by atoms with van der Waals surface area (Å²) >= 11 is 5.04. The highest BCUT2D eigenvalue weighted by atomic mass is 32.1. The predicted molar refractivity (Wildman–Crippen MR) is 68.2 cm³/mol. The molecule has 0 aromatic carbocycles. The molecule has 0 bridgehead atoms. The number of likely N-dealkylation sites (tertiary alicyclic amines) is 1. The van der Waals surface area contributed by atoms with Gasteiger partial charge in [0.1, 0.15) is 0 Å². The third-order valence-corrected chi connectivity index (χ3v) is 4.05. The molecule has 1 aliphatic carbocycles. The summed E-state index contributed by atoms with van der Waals surface area (Å²) in [4.78, 5) is 25.9. The van der Waals surface area contributed by atoms with E-state index in [0.717, 1.165) is 32.1 Å². The summed E-state index contributed by atoms with van der Waals surface area (Å²) in [5, 5.41) is 0. The topological polar surface area (TPSA) is 63.4 Å². The van der Waals surface area contributed by atoms with Crippen LogP contribution in [-0.2, 0) is 9.59 Å². The smallest absolute Gasteiger partial charge is 0.229 e. The molecule has 2 unspecified atom stereocenters. The number of imide groups is 1. The highest BCUT2D eigenvalue weighted by Gasteiger charge is 2.39. The Labute approximate surface area is 107 Å². The van der Waals surface area contributed by atoms with Gasteiger partial charge in [0.15, 0.2) is 0 Å². The second-order valence-corrected chi connectivity index (χ2v) is 5.34. The first-order chi connectivity index (χ1) is 8.11. The highest BCUT2D eigenvalue weighted by Crippen LogP contribution is 2.32. The van der Waals surface area contributed by atoms with E-state index in [1.807, 2.05) is 0 Å². The molecule has 1 saturated carbocycles. The number of thiocarbonyl (C=S) groups is 1. The maximum absolute atomic E-state index is 12.0.